The summed E-state index contributed by atoms with van der Waals surface area (Å²) in [6.07, 6.45) is 0. The van der Waals surface area contributed by atoms with Gasteiger partial charge in [0.25, 0.3) is 20.1 Å². The number of hydrogen-bond acceptors (Lipinski definition) is 6. The molecule has 6 heterocycles. The fourth-order valence-corrected chi connectivity index (χ4v) is 20.9. The summed E-state index contributed by atoms with van der Waals surface area (Å²) in [5, 5.41) is 0. The maximum absolute atomic E-state index is 2.58. The Bertz CT molecular complexity index is 6350. The number of hydrogen-bond donors (Lipinski definition) is 0. The smallest absolute Gasteiger partial charge is 0.252 e. The standard InChI is InChI=1S/C114H99B3N6/c1-70-25-43-85(44-26-70)118-97-55-31-73(4)61-91(97)115-94-67-76(34-58-100(94)121(106-22-16-19-103(118)109(106)115)88-49-37-82(38-50-88)112(7,8)9)79-64-80(77-35-59-101-95(68-77)116-92-62-74(5)32-56-98(92)119(86-45-27-71(2)28-46-86)104-20-17-23-107(110(104)116)122(101)89-51-39-83(40-52-89)113(10,11)12)66-81(65-79)78-36-60-102-96(69-78)117-93-63-75(6)33-57-99(93)120(87-47-29-72(3)30-48-87)105-21-18-24-108(111(105)117)123(102)90-53-41-84(42-54-90)114(13,14)15/h16-69H,1-15H3. The van der Waals surface area contributed by atoms with Crippen LogP contribution in [-0.4, -0.2) is 20.1 Å². The first kappa shape index (κ1) is 75.7. The molecule has 6 nitrogen and oxygen atoms in total. The second kappa shape index (κ2) is 28.0. The summed E-state index contributed by atoms with van der Waals surface area (Å²) in [6, 6.07) is 128. The zero-order valence-corrected chi connectivity index (χ0v) is 73.1. The average Bonchev–Trinajstić information content (AvgIpc) is 0.707. The molecule has 6 aliphatic rings. The molecule has 0 unspecified atom stereocenters. The van der Waals surface area contributed by atoms with Gasteiger partial charge >= 0.3 is 0 Å². The number of fused-ring (bicyclic) bond motifs is 12. The molecule has 0 bridgehead atoms. The Labute approximate surface area is 727 Å². The van der Waals surface area contributed by atoms with Gasteiger partial charge in [0.2, 0.25) is 0 Å². The lowest BCUT2D eigenvalue weighted by Gasteiger charge is -2.44. The Morgan fingerprint density at radius 3 is 0.569 bits per heavy atom. The van der Waals surface area contributed by atoms with Crippen LogP contribution in [0.2, 0.25) is 0 Å². The molecule has 0 atom stereocenters. The Morgan fingerprint density at radius 2 is 0.358 bits per heavy atom. The molecule has 16 aromatic carbocycles. The van der Waals surface area contributed by atoms with Crippen molar-refractivity contribution in [2.45, 2.75) is 120 Å². The Kier molecular flexibility index (Phi) is 17.3. The molecule has 0 aromatic heterocycles. The van der Waals surface area contributed by atoms with Gasteiger partial charge in [-0.25, -0.2) is 0 Å². The molecule has 16 aromatic rings. The zero-order chi connectivity index (χ0) is 84.1. The van der Waals surface area contributed by atoms with Crippen LogP contribution in [0.4, 0.5) is 102 Å². The van der Waals surface area contributed by atoms with Crippen LogP contribution in [0.3, 0.4) is 0 Å². The van der Waals surface area contributed by atoms with E-state index in [0.29, 0.717) is 0 Å². The van der Waals surface area contributed by atoms with Crippen molar-refractivity contribution in [1.29, 1.82) is 0 Å². The van der Waals surface area contributed by atoms with Gasteiger partial charge in [0, 0.05) is 102 Å². The maximum atomic E-state index is 2.58. The Hall–Kier alpha value is -13.5. The minimum Gasteiger partial charge on any atom is -0.311 e. The van der Waals surface area contributed by atoms with Crippen LogP contribution in [0.5, 0.6) is 0 Å². The predicted octanol–water partition coefficient (Wildman–Crippen LogP) is 24.7. The third kappa shape index (κ3) is 12.3. The first-order chi connectivity index (χ1) is 59.3. The SMILES string of the molecule is Cc1ccc(N2c3ccc(C)cc3B3c4cc(-c5cc(-c6ccc7c(c6)B6c8cc(C)ccc8N(c8ccc(C)cc8)c8cccc(c86)N7c6ccc(C(C)(C)C)cc6)cc(-c6ccc7c(c6)B6c8cc(C)ccc8N(c8ccc(C)cc8)c8cccc(c86)N7c6ccc(C(C)(C)C)cc6)c5)ccc4N(c4ccc(C(C)(C)C)cc4)c4cccc2c43)cc1. The van der Waals surface area contributed by atoms with Gasteiger partial charge in [0.1, 0.15) is 0 Å². The summed E-state index contributed by atoms with van der Waals surface area (Å²) in [5.74, 6) is 0. The quantitative estimate of drug-likeness (QED) is 0.133. The van der Waals surface area contributed by atoms with Gasteiger partial charge in [-0.15, -0.1) is 0 Å². The highest BCUT2D eigenvalue weighted by Crippen LogP contribution is 2.51. The van der Waals surface area contributed by atoms with Crippen LogP contribution in [0.1, 0.15) is 112 Å². The van der Waals surface area contributed by atoms with E-state index in [4.69, 9.17) is 0 Å². The van der Waals surface area contributed by atoms with Crippen molar-refractivity contribution in [3.63, 3.8) is 0 Å². The Balaban J connectivity index is 0.795. The van der Waals surface area contributed by atoms with E-state index in [1.807, 2.05) is 0 Å². The van der Waals surface area contributed by atoms with E-state index < -0.39 is 0 Å². The lowest BCUT2D eigenvalue weighted by atomic mass is 9.33. The average molecular weight is 1590 g/mol. The first-order valence-electron chi connectivity index (χ1n) is 43.9. The van der Waals surface area contributed by atoms with Crippen molar-refractivity contribution < 1.29 is 0 Å². The summed E-state index contributed by atoms with van der Waals surface area (Å²) in [4.78, 5) is 15.2. The van der Waals surface area contributed by atoms with Gasteiger partial charge in [-0.2, -0.15) is 0 Å². The van der Waals surface area contributed by atoms with E-state index >= 15 is 0 Å². The Morgan fingerprint density at radius 1 is 0.171 bits per heavy atom. The van der Waals surface area contributed by atoms with Crippen LogP contribution < -0.4 is 78.6 Å². The predicted molar refractivity (Wildman–Crippen MR) is 529 cm³/mol. The molecule has 0 saturated carbocycles. The molecule has 6 aliphatic heterocycles. The summed E-state index contributed by atoms with van der Waals surface area (Å²) in [7, 11) is 0. The number of aryl methyl sites for hydroxylation is 6. The van der Waals surface area contributed by atoms with Crippen molar-refractivity contribution in [2.24, 2.45) is 0 Å². The molecule has 0 aliphatic carbocycles. The second-order valence-corrected chi connectivity index (χ2v) is 38.6. The minimum atomic E-state index is -0.106. The van der Waals surface area contributed by atoms with Crippen LogP contribution in [0.25, 0.3) is 33.4 Å². The van der Waals surface area contributed by atoms with E-state index in [9.17, 15) is 0 Å². The molecule has 0 spiro atoms. The van der Waals surface area contributed by atoms with Gasteiger partial charge in [-0.05, 0) is 321 Å². The summed E-state index contributed by atoms with van der Waals surface area (Å²) in [6.45, 7) is 33.8. The lowest BCUT2D eigenvalue weighted by molar-refractivity contribution is 0.590. The number of anilines is 18. The van der Waals surface area contributed by atoms with Crippen LogP contribution in [0, 0.1) is 41.5 Å². The van der Waals surface area contributed by atoms with Gasteiger partial charge in [-0.3, -0.25) is 0 Å². The van der Waals surface area contributed by atoms with E-state index in [2.05, 4.69) is 461 Å². The normalized spacial score (nSPS) is 13.8. The molecule has 0 amide bonds. The van der Waals surface area contributed by atoms with E-state index in [1.165, 1.54) is 167 Å². The fraction of sp³-hybridized carbons (Fsp3) is 0.158. The largest absolute Gasteiger partial charge is 0.311 e. The molecular weight excluding hydrogens is 1490 g/mol. The van der Waals surface area contributed by atoms with Crippen molar-refractivity contribution in [2.75, 3.05) is 29.4 Å². The third-order valence-corrected chi connectivity index (χ3v) is 27.2. The zero-order valence-electron chi connectivity index (χ0n) is 73.1. The highest BCUT2D eigenvalue weighted by molar-refractivity contribution is 7.02. The van der Waals surface area contributed by atoms with Crippen LogP contribution >= 0.6 is 0 Å². The molecule has 0 fully saturated rings. The maximum Gasteiger partial charge on any atom is 0.252 e. The molecule has 0 saturated heterocycles. The monoisotopic (exact) mass is 1580 g/mol. The number of rotatable bonds is 9. The third-order valence-electron chi connectivity index (χ3n) is 27.2. The molecule has 0 N–H and O–H groups in total. The number of benzene rings is 16. The molecule has 123 heavy (non-hydrogen) atoms. The fourth-order valence-electron chi connectivity index (χ4n) is 20.9. The molecule has 0 radical (unpaired) electrons. The minimum absolute atomic E-state index is 0.0248. The van der Waals surface area contributed by atoms with Gasteiger partial charge < -0.3 is 29.4 Å². The van der Waals surface area contributed by atoms with E-state index in [0.717, 1.165) is 67.5 Å². The van der Waals surface area contributed by atoms with E-state index in [1.54, 1.807) is 0 Å². The summed E-state index contributed by atoms with van der Waals surface area (Å²) < 4.78 is 0. The van der Waals surface area contributed by atoms with Crippen LogP contribution in [-0.2, 0) is 16.2 Å². The van der Waals surface area contributed by atoms with Crippen molar-refractivity contribution >= 4 is 172 Å². The molecule has 22 rings (SSSR count). The van der Waals surface area contributed by atoms with Crippen molar-refractivity contribution in [3.8, 4) is 33.4 Å². The highest BCUT2D eigenvalue weighted by atomic mass is 15.2. The van der Waals surface area contributed by atoms with E-state index in [-0.39, 0.29) is 36.4 Å². The molecule has 9 heteroatoms. The van der Waals surface area contributed by atoms with Gasteiger partial charge in [0.05, 0.1) is 0 Å². The first-order valence-corrected chi connectivity index (χ1v) is 43.9. The summed E-state index contributed by atoms with van der Waals surface area (Å²) in [5.41, 5.74) is 50.8. The van der Waals surface area contributed by atoms with Crippen molar-refractivity contribution in [1.82, 2.24) is 0 Å². The lowest BCUT2D eigenvalue weighted by Crippen LogP contribution is -2.61. The van der Waals surface area contributed by atoms with Crippen LogP contribution in [0.15, 0.2) is 328 Å². The number of nitrogens with zero attached hydrogens (tertiary/aromatic N) is 6. The molecular formula is C114H99B3N6. The molecule has 594 valence electrons. The van der Waals surface area contributed by atoms with Crippen molar-refractivity contribution in [3.05, 3.63) is 378 Å². The highest BCUT2D eigenvalue weighted by Gasteiger charge is 2.48. The second-order valence-electron chi connectivity index (χ2n) is 38.6. The van der Waals surface area contributed by atoms with Gasteiger partial charge in [0.15, 0.2) is 0 Å². The van der Waals surface area contributed by atoms with Gasteiger partial charge in [-0.1, -0.05) is 259 Å². The topological polar surface area (TPSA) is 19.4 Å². The summed E-state index contributed by atoms with van der Waals surface area (Å²) >= 11 is 0.